The number of hydrogen-bond donors (Lipinski definition) is 2. The molecule has 0 spiro atoms. The van der Waals surface area contributed by atoms with Crippen molar-refractivity contribution < 1.29 is 0 Å². The number of anilines is 1. The van der Waals surface area contributed by atoms with E-state index in [0.717, 1.165) is 29.0 Å². The Morgan fingerprint density at radius 3 is 2.95 bits per heavy atom. The van der Waals surface area contributed by atoms with Crippen LogP contribution < -0.4 is 5.32 Å². The van der Waals surface area contributed by atoms with E-state index < -0.39 is 0 Å². The molecule has 0 amide bonds. The maximum absolute atomic E-state index is 4.57. The molecule has 0 aliphatic rings. The minimum absolute atomic E-state index is 0.0907. The summed E-state index contributed by atoms with van der Waals surface area (Å²) < 4.78 is 0. The zero-order chi connectivity index (χ0) is 15.2. The molecule has 0 unspecified atom stereocenters. The van der Waals surface area contributed by atoms with E-state index in [1.165, 1.54) is 6.33 Å². The van der Waals surface area contributed by atoms with Gasteiger partial charge in [0.2, 0.25) is 0 Å². The van der Waals surface area contributed by atoms with Crippen molar-refractivity contribution >= 4 is 22.7 Å². The van der Waals surface area contributed by atoms with E-state index in [1.807, 2.05) is 19.9 Å². The van der Waals surface area contributed by atoms with Crippen molar-refractivity contribution in [3.8, 4) is 0 Å². The molecule has 2 aromatic heterocycles. The van der Waals surface area contributed by atoms with Crippen LogP contribution in [0.1, 0.15) is 27.2 Å². The molecule has 0 saturated carbocycles. The molecule has 0 bridgehead atoms. The number of hydrogen-bond acceptors (Lipinski definition) is 5. The topological polar surface area (TPSA) is 78.9 Å². The molecule has 0 saturated heterocycles. The van der Waals surface area contributed by atoms with Gasteiger partial charge in [0.25, 0.3) is 0 Å². The molecule has 0 aromatic carbocycles. The summed E-state index contributed by atoms with van der Waals surface area (Å²) in [6, 6.07) is 0.0907. The standard InChI is InChI=1S/C15H20N6/c1-5-7-10(3)20-11(4)12(6-2)21-15-13-14(17-8-16-13)18-9-19-15/h5,7-9,12H,1,6H2,2-4H3,(H2,16,17,18,19,21)/b10-7+,20-11+/t12-/m0/s1. The molecule has 0 aliphatic heterocycles. The first kappa shape index (κ1) is 14.9. The van der Waals surface area contributed by atoms with Gasteiger partial charge in [0.05, 0.1) is 12.4 Å². The Kier molecular flexibility index (Phi) is 4.81. The van der Waals surface area contributed by atoms with Crippen LogP contribution in [0.15, 0.2) is 42.1 Å². The number of rotatable bonds is 6. The highest BCUT2D eigenvalue weighted by atomic mass is 15.1. The van der Waals surface area contributed by atoms with Gasteiger partial charge in [-0.05, 0) is 26.3 Å². The van der Waals surface area contributed by atoms with E-state index in [2.05, 4.69) is 43.7 Å². The molecule has 2 aromatic rings. The summed E-state index contributed by atoms with van der Waals surface area (Å²) in [6.45, 7) is 9.74. The van der Waals surface area contributed by atoms with Gasteiger partial charge >= 0.3 is 0 Å². The molecule has 6 nitrogen and oxygen atoms in total. The monoisotopic (exact) mass is 284 g/mol. The molecular weight excluding hydrogens is 264 g/mol. The van der Waals surface area contributed by atoms with Crippen LogP contribution in [0, 0.1) is 0 Å². The Bertz CT molecular complexity index is 682. The second kappa shape index (κ2) is 6.78. The van der Waals surface area contributed by atoms with Crippen LogP contribution in [0.2, 0.25) is 0 Å². The van der Waals surface area contributed by atoms with Crippen molar-refractivity contribution in [1.82, 2.24) is 19.9 Å². The highest BCUT2D eigenvalue weighted by Gasteiger charge is 2.14. The summed E-state index contributed by atoms with van der Waals surface area (Å²) in [7, 11) is 0. The zero-order valence-electron chi connectivity index (χ0n) is 12.6. The van der Waals surface area contributed by atoms with Crippen molar-refractivity contribution in [3.05, 3.63) is 37.1 Å². The maximum atomic E-state index is 4.57. The predicted molar refractivity (Wildman–Crippen MR) is 86.4 cm³/mol. The number of fused-ring (bicyclic) bond motifs is 1. The fraction of sp³-hybridized carbons (Fsp3) is 0.333. The third kappa shape index (κ3) is 3.53. The third-order valence-electron chi connectivity index (χ3n) is 3.15. The van der Waals surface area contributed by atoms with Gasteiger partial charge in [-0.3, -0.25) is 4.99 Å². The summed E-state index contributed by atoms with van der Waals surface area (Å²) in [6.07, 6.45) is 7.64. The van der Waals surface area contributed by atoms with Crippen LogP contribution in [-0.4, -0.2) is 31.7 Å². The number of aliphatic imine (C=N–C) groups is 1. The summed E-state index contributed by atoms with van der Waals surface area (Å²) in [5.41, 5.74) is 3.38. The van der Waals surface area contributed by atoms with Crippen molar-refractivity contribution in [2.24, 2.45) is 4.99 Å². The van der Waals surface area contributed by atoms with Gasteiger partial charge in [-0.2, -0.15) is 0 Å². The Morgan fingerprint density at radius 2 is 2.24 bits per heavy atom. The van der Waals surface area contributed by atoms with Crippen LogP contribution in [0.5, 0.6) is 0 Å². The summed E-state index contributed by atoms with van der Waals surface area (Å²) in [5, 5.41) is 3.39. The summed E-state index contributed by atoms with van der Waals surface area (Å²) in [5.74, 6) is 0.716. The Hall–Kier alpha value is -2.50. The minimum atomic E-state index is 0.0907. The van der Waals surface area contributed by atoms with Crippen LogP contribution in [0.4, 0.5) is 5.82 Å². The zero-order valence-corrected chi connectivity index (χ0v) is 12.6. The summed E-state index contributed by atoms with van der Waals surface area (Å²) in [4.78, 5) is 20.2. The van der Waals surface area contributed by atoms with Gasteiger partial charge in [-0.1, -0.05) is 19.6 Å². The Labute approximate surface area is 124 Å². The second-order valence-corrected chi connectivity index (χ2v) is 4.72. The molecule has 2 heterocycles. The maximum Gasteiger partial charge on any atom is 0.162 e. The number of allylic oxidation sites excluding steroid dienone is 3. The SMILES string of the molecule is C=C/C=C(C)/N=C(\C)[C@H](CC)Nc1ncnc2[nH]cnc12. The molecule has 21 heavy (non-hydrogen) atoms. The molecule has 110 valence electrons. The highest BCUT2D eigenvalue weighted by molar-refractivity contribution is 5.92. The van der Waals surface area contributed by atoms with Gasteiger partial charge in [-0.25, -0.2) is 15.0 Å². The number of aromatic amines is 1. The Morgan fingerprint density at radius 1 is 1.43 bits per heavy atom. The van der Waals surface area contributed by atoms with Gasteiger partial charge in [-0.15, -0.1) is 0 Å². The number of nitrogens with one attached hydrogen (secondary N) is 2. The molecule has 0 fully saturated rings. The number of nitrogens with zero attached hydrogens (tertiary/aromatic N) is 4. The van der Waals surface area contributed by atoms with E-state index in [0.29, 0.717) is 5.82 Å². The van der Waals surface area contributed by atoms with Crippen LogP contribution in [0.25, 0.3) is 11.2 Å². The van der Waals surface area contributed by atoms with Crippen LogP contribution in [0.3, 0.4) is 0 Å². The third-order valence-corrected chi connectivity index (χ3v) is 3.15. The second-order valence-electron chi connectivity index (χ2n) is 4.72. The molecular formula is C15H20N6. The molecule has 2 N–H and O–H groups in total. The lowest BCUT2D eigenvalue weighted by Gasteiger charge is -2.17. The first-order valence-corrected chi connectivity index (χ1v) is 6.90. The molecule has 0 aliphatic carbocycles. The smallest absolute Gasteiger partial charge is 0.162 e. The average molecular weight is 284 g/mol. The van der Waals surface area contributed by atoms with Crippen molar-refractivity contribution in [1.29, 1.82) is 0 Å². The van der Waals surface area contributed by atoms with Gasteiger partial charge in [0.15, 0.2) is 11.5 Å². The highest BCUT2D eigenvalue weighted by Crippen LogP contribution is 2.17. The van der Waals surface area contributed by atoms with Crippen LogP contribution in [-0.2, 0) is 0 Å². The van der Waals surface area contributed by atoms with Crippen molar-refractivity contribution in [3.63, 3.8) is 0 Å². The molecule has 6 heteroatoms. The van der Waals surface area contributed by atoms with Gasteiger partial charge < -0.3 is 10.3 Å². The molecule has 1 atom stereocenters. The van der Waals surface area contributed by atoms with E-state index in [9.17, 15) is 0 Å². The van der Waals surface area contributed by atoms with Crippen molar-refractivity contribution in [2.75, 3.05) is 5.32 Å². The lowest BCUT2D eigenvalue weighted by Crippen LogP contribution is -2.27. The van der Waals surface area contributed by atoms with E-state index >= 15 is 0 Å². The average Bonchev–Trinajstić information content (AvgIpc) is 2.93. The van der Waals surface area contributed by atoms with E-state index in [1.54, 1.807) is 12.4 Å². The van der Waals surface area contributed by atoms with Crippen molar-refractivity contribution in [2.45, 2.75) is 33.2 Å². The lowest BCUT2D eigenvalue weighted by atomic mass is 10.1. The number of aromatic nitrogens is 4. The molecule has 2 rings (SSSR count). The Balaban J connectivity index is 2.25. The van der Waals surface area contributed by atoms with Gasteiger partial charge in [0, 0.05) is 11.4 Å². The largest absolute Gasteiger partial charge is 0.360 e. The first-order valence-electron chi connectivity index (χ1n) is 6.90. The summed E-state index contributed by atoms with van der Waals surface area (Å²) >= 11 is 0. The first-order chi connectivity index (χ1) is 10.2. The lowest BCUT2D eigenvalue weighted by molar-refractivity contribution is 0.856. The van der Waals surface area contributed by atoms with E-state index in [-0.39, 0.29) is 6.04 Å². The number of H-pyrrole nitrogens is 1. The van der Waals surface area contributed by atoms with Gasteiger partial charge in [0.1, 0.15) is 11.8 Å². The van der Waals surface area contributed by atoms with Crippen LogP contribution >= 0.6 is 0 Å². The normalized spacial score (nSPS) is 14.2. The predicted octanol–water partition coefficient (Wildman–Crippen LogP) is 3.09. The quantitative estimate of drug-likeness (QED) is 0.631. The number of imidazole rings is 1. The minimum Gasteiger partial charge on any atom is -0.360 e. The van der Waals surface area contributed by atoms with E-state index in [4.69, 9.17) is 0 Å². The molecule has 0 radical (unpaired) electrons. The fourth-order valence-electron chi connectivity index (χ4n) is 2.10. The fourth-order valence-corrected chi connectivity index (χ4v) is 2.10.